The fraction of sp³-hybridized carbons (Fsp3) is 0.235. The molecule has 21 heavy (non-hydrogen) atoms. The quantitative estimate of drug-likeness (QED) is 0.863. The van der Waals surface area contributed by atoms with Crippen LogP contribution in [0.4, 0.5) is 5.69 Å². The second-order valence-electron chi connectivity index (χ2n) is 5.28. The number of rotatable bonds is 2. The van der Waals surface area contributed by atoms with Crippen molar-refractivity contribution in [1.29, 1.82) is 5.26 Å². The SMILES string of the molecule is N#Cc1ccc(Cl)c(NC2CCCc3ccc(O)cc32)c1. The van der Waals surface area contributed by atoms with E-state index in [4.69, 9.17) is 16.9 Å². The zero-order valence-corrected chi connectivity index (χ0v) is 12.2. The first-order valence-corrected chi connectivity index (χ1v) is 7.33. The number of halogens is 1. The molecule has 1 aliphatic rings. The maximum atomic E-state index is 9.71. The zero-order chi connectivity index (χ0) is 14.8. The molecule has 106 valence electrons. The molecule has 0 spiro atoms. The highest BCUT2D eigenvalue weighted by atomic mass is 35.5. The second-order valence-corrected chi connectivity index (χ2v) is 5.69. The maximum Gasteiger partial charge on any atom is 0.115 e. The summed E-state index contributed by atoms with van der Waals surface area (Å²) in [7, 11) is 0. The van der Waals surface area contributed by atoms with Gasteiger partial charge >= 0.3 is 0 Å². The van der Waals surface area contributed by atoms with E-state index >= 15 is 0 Å². The van der Waals surface area contributed by atoms with E-state index in [0.717, 1.165) is 30.5 Å². The number of phenolic OH excluding ortho intramolecular Hbond substituents is 1. The Morgan fingerprint density at radius 2 is 2.10 bits per heavy atom. The van der Waals surface area contributed by atoms with Gasteiger partial charge in [0.25, 0.3) is 0 Å². The lowest BCUT2D eigenvalue weighted by atomic mass is 9.87. The Balaban J connectivity index is 1.94. The van der Waals surface area contributed by atoms with Crippen LogP contribution in [-0.4, -0.2) is 5.11 Å². The highest BCUT2D eigenvalue weighted by molar-refractivity contribution is 6.33. The number of fused-ring (bicyclic) bond motifs is 1. The number of aryl methyl sites for hydroxylation is 1. The topological polar surface area (TPSA) is 56.0 Å². The average Bonchev–Trinajstić information content (AvgIpc) is 2.50. The standard InChI is InChI=1S/C17H15ClN2O/c18-15-7-4-11(10-19)8-17(15)20-16-3-1-2-12-5-6-13(21)9-14(12)16/h4-9,16,20-21H,1-3H2. The number of anilines is 1. The Morgan fingerprint density at radius 1 is 1.24 bits per heavy atom. The van der Waals surface area contributed by atoms with Gasteiger partial charge in [-0.1, -0.05) is 17.7 Å². The van der Waals surface area contributed by atoms with Crippen LogP contribution in [0.5, 0.6) is 5.75 Å². The van der Waals surface area contributed by atoms with Crippen molar-refractivity contribution >= 4 is 17.3 Å². The monoisotopic (exact) mass is 298 g/mol. The van der Waals surface area contributed by atoms with E-state index in [1.54, 1.807) is 24.3 Å². The van der Waals surface area contributed by atoms with Gasteiger partial charge in [-0.05, 0) is 60.7 Å². The van der Waals surface area contributed by atoms with Crippen molar-refractivity contribution < 1.29 is 5.11 Å². The van der Waals surface area contributed by atoms with E-state index in [1.165, 1.54) is 5.56 Å². The van der Waals surface area contributed by atoms with E-state index in [1.807, 2.05) is 12.1 Å². The first kappa shape index (κ1) is 13.8. The van der Waals surface area contributed by atoms with Crippen molar-refractivity contribution in [3.8, 4) is 11.8 Å². The molecule has 0 amide bonds. The van der Waals surface area contributed by atoms with Crippen molar-refractivity contribution in [2.45, 2.75) is 25.3 Å². The minimum Gasteiger partial charge on any atom is -0.508 e. The molecule has 2 N–H and O–H groups in total. The molecule has 0 radical (unpaired) electrons. The number of hydrogen-bond acceptors (Lipinski definition) is 3. The molecule has 0 saturated carbocycles. The van der Waals surface area contributed by atoms with Crippen LogP contribution in [0.2, 0.25) is 5.02 Å². The van der Waals surface area contributed by atoms with Gasteiger partial charge < -0.3 is 10.4 Å². The number of nitrogens with one attached hydrogen (secondary N) is 1. The van der Waals surface area contributed by atoms with E-state index in [2.05, 4.69) is 11.4 Å². The van der Waals surface area contributed by atoms with Gasteiger partial charge in [0, 0.05) is 0 Å². The van der Waals surface area contributed by atoms with Crippen LogP contribution in [0, 0.1) is 11.3 Å². The average molecular weight is 299 g/mol. The summed E-state index contributed by atoms with van der Waals surface area (Å²) in [5, 5.41) is 22.7. The number of benzene rings is 2. The Kier molecular flexibility index (Phi) is 3.72. The van der Waals surface area contributed by atoms with Crippen LogP contribution in [0.1, 0.15) is 35.6 Å². The Hall–Kier alpha value is -2.18. The van der Waals surface area contributed by atoms with Crippen molar-refractivity contribution in [2.24, 2.45) is 0 Å². The van der Waals surface area contributed by atoms with Crippen molar-refractivity contribution in [3.63, 3.8) is 0 Å². The summed E-state index contributed by atoms with van der Waals surface area (Å²) in [5.74, 6) is 0.277. The van der Waals surface area contributed by atoms with Crippen LogP contribution in [0.25, 0.3) is 0 Å². The van der Waals surface area contributed by atoms with E-state index in [-0.39, 0.29) is 11.8 Å². The van der Waals surface area contributed by atoms with Crippen molar-refractivity contribution in [2.75, 3.05) is 5.32 Å². The molecular formula is C17H15ClN2O. The summed E-state index contributed by atoms with van der Waals surface area (Å²) >= 11 is 6.21. The number of hydrogen-bond donors (Lipinski definition) is 2. The molecule has 4 heteroatoms. The summed E-state index contributed by atoms with van der Waals surface area (Å²) in [6.07, 6.45) is 3.09. The molecule has 0 saturated heterocycles. The molecular weight excluding hydrogens is 284 g/mol. The highest BCUT2D eigenvalue weighted by Crippen LogP contribution is 2.36. The van der Waals surface area contributed by atoms with Gasteiger partial charge in [-0.25, -0.2) is 0 Å². The number of phenols is 1. The van der Waals surface area contributed by atoms with Crippen LogP contribution in [0.3, 0.4) is 0 Å². The normalized spacial score (nSPS) is 16.9. The number of aromatic hydroxyl groups is 1. The maximum absolute atomic E-state index is 9.71. The second kappa shape index (κ2) is 5.67. The number of nitrogens with zero attached hydrogens (tertiary/aromatic N) is 1. The van der Waals surface area contributed by atoms with Gasteiger partial charge in [0.1, 0.15) is 5.75 Å². The summed E-state index contributed by atoms with van der Waals surface area (Å²) in [5.41, 5.74) is 3.70. The minimum absolute atomic E-state index is 0.104. The predicted octanol–water partition coefficient (Wildman–Crippen LogP) is 4.41. The Bertz CT molecular complexity index is 721. The van der Waals surface area contributed by atoms with Crippen LogP contribution < -0.4 is 5.32 Å². The largest absolute Gasteiger partial charge is 0.508 e. The van der Waals surface area contributed by atoms with Gasteiger partial charge in [-0.15, -0.1) is 0 Å². The van der Waals surface area contributed by atoms with Gasteiger partial charge in [0.15, 0.2) is 0 Å². The third-order valence-electron chi connectivity index (χ3n) is 3.87. The smallest absolute Gasteiger partial charge is 0.115 e. The highest BCUT2D eigenvalue weighted by Gasteiger charge is 2.21. The van der Waals surface area contributed by atoms with E-state index in [9.17, 15) is 5.11 Å². The lowest BCUT2D eigenvalue weighted by Crippen LogP contribution is -2.17. The molecule has 0 aliphatic heterocycles. The summed E-state index contributed by atoms with van der Waals surface area (Å²) < 4.78 is 0. The first-order valence-electron chi connectivity index (χ1n) is 6.95. The van der Waals surface area contributed by atoms with Crippen LogP contribution in [-0.2, 0) is 6.42 Å². The fourth-order valence-corrected chi connectivity index (χ4v) is 3.00. The Labute approximate surface area is 128 Å². The zero-order valence-electron chi connectivity index (χ0n) is 11.4. The molecule has 2 aromatic rings. The van der Waals surface area contributed by atoms with E-state index in [0.29, 0.717) is 10.6 Å². The lowest BCUT2D eigenvalue weighted by Gasteiger charge is -2.27. The predicted molar refractivity (Wildman–Crippen MR) is 83.6 cm³/mol. The molecule has 1 aliphatic carbocycles. The number of nitriles is 1. The fourth-order valence-electron chi connectivity index (χ4n) is 2.83. The van der Waals surface area contributed by atoms with Crippen LogP contribution in [0.15, 0.2) is 36.4 Å². The summed E-state index contributed by atoms with van der Waals surface area (Å²) in [6.45, 7) is 0. The minimum atomic E-state index is 0.104. The molecule has 2 aromatic carbocycles. The molecule has 0 heterocycles. The summed E-state index contributed by atoms with van der Waals surface area (Å²) in [4.78, 5) is 0. The van der Waals surface area contributed by atoms with E-state index < -0.39 is 0 Å². The third kappa shape index (κ3) is 2.81. The molecule has 1 unspecified atom stereocenters. The van der Waals surface area contributed by atoms with Gasteiger partial charge in [-0.3, -0.25) is 0 Å². The molecule has 0 fully saturated rings. The first-order chi connectivity index (χ1) is 10.2. The van der Waals surface area contributed by atoms with Gasteiger partial charge in [0.05, 0.1) is 28.4 Å². The molecule has 0 aromatic heterocycles. The van der Waals surface area contributed by atoms with Crippen molar-refractivity contribution in [1.82, 2.24) is 0 Å². The molecule has 3 rings (SSSR count). The third-order valence-corrected chi connectivity index (χ3v) is 4.20. The molecule has 1 atom stereocenters. The lowest BCUT2D eigenvalue weighted by molar-refractivity contribution is 0.471. The molecule has 0 bridgehead atoms. The summed E-state index contributed by atoms with van der Waals surface area (Å²) in [6, 6.07) is 12.9. The van der Waals surface area contributed by atoms with Crippen molar-refractivity contribution in [3.05, 3.63) is 58.1 Å². The van der Waals surface area contributed by atoms with Crippen LogP contribution >= 0.6 is 11.6 Å². The van der Waals surface area contributed by atoms with Gasteiger partial charge in [0.2, 0.25) is 0 Å². The van der Waals surface area contributed by atoms with Gasteiger partial charge in [-0.2, -0.15) is 5.26 Å². The Morgan fingerprint density at radius 3 is 2.90 bits per heavy atom. The molecule has 3 nitrogen and oxygen atoms in total.